The number of hydrogen-bond donors (Lipinski definition) is 0. The van der Waals surface area contributed by atoms with Gasteiger partial charge < -0.3 is 4.74 Å². The van der Waals surface area contributed by atoms with Gasteiger partial charge in [-0.3, -0.25) is 4.98 Å². The van der Waals surface area contributed by atoms with Crippen LogP contribution >= 0.6 is 11.3 Å². The molecule has 0 aliphatic carbocycles. The van der Waals surface area contributed by atoms with Crippen molar-refractivity contribution in [2.24, 2.45) is 0 Å². The second kappa shape index (κ2) is 4.81. The van der Waals surface area contributed by atoms with Crippen LogP contribution in [0.25, 0.3) is 27.3 Å². The first-order valence-electron chi connectivity index (χ1n) is 7.81. The first kappa shape index (κ1) is 14.0. The van der Waals surface area contributed by atoms with Crippen LogP contribution in [0.15, 0.2) is 30.9 Å². The molecule has 120 valence electrons. The third-order valence-corrected chi connectivity index (χ3v) is 5.44. The van der Waals surface area contributed by atoms with Crippen LogP contribution in [0.4, 0.5) is 0 Å². The Hall–Kier alpha value is -2.38. The molecule has 5 rings (SSSR count). The predicted molar refractivity (Wildman–Crippen MR) is 92.0 cm³/mol. The van der Waals surface area contributed by atoms with Crippen molar-refractivity contribution in [3.63, 3.8) is 0 Å². The molecule has 24 heavy (non-hydrogen) atoms. The Kier molecular flexibility index (Phi) is 2.81. The van der Waals surface area contributed by atoms with Crippen LogP contribution in [0, 0.1) is 0 Å². The Bertz CT molecular complexity index is 1070. The number of rotatable bonds is 1. The summed E-state index contributed by atoms with van der Waals surface area (Å²) < 4.78 is 7.70. The van der Waals surface area contributed by atoms with E-state index in [4.69, 9.17) is 9.72 Å². The van der Waals surface area contributed by atoms with E-state index in [0.29, 0.717) is 12.4 Å². The number of thiophene rings is 1. The van der Waals surface area contributed by atoms with E-state index < -0.39 is 0 Å². The Labute approximate surface area is 142 Å². The van der Waals surface area contributed by atoms with Crippen molar-refractivity contribution in [3.8, 4) is 11.4 Å². The summed E-state index contributed by atoms with van der Waals surface area (Å²) in [6.07, 6.45) is 6.12. The van der Waals surface area contributed by atoms with Gasteiger partial charge in [-0.05, 0) is 31.5 Å². The first-order valence-corrected chi connectivity index (χ1v) is 8.62. The van der Waals surface area contributed by atoms with Gasteiger partial charge in [-0.25, -0.2) is 14.5 Å². The third-order valence-electron chi connectivity index (χ3n) is 4.33. The minimum atomic E-state index is -0.167. The molecule has 0 amide bonds. The second-order valence-corrected chi connectivity index (χ2v) is 7.68. The van der Waals surface area contributed by atoms with E-state index in [9.17, 15) is 0 Å². The molecule has 0 radical (unpaired) electrons. The number of ether oxygens (including phenoxy) is 1. The number of fused-ring (bicyclic) bond motifs is 5. The summed E-state index contributed by atoms with van der Waals surface area (Å²) >= 11 is 1.69. The summed E-state index contributed by atoms with van der Waals surface area (Å²) in [5, 5.41) is 5.68. The zero-order valence-electron chi connectivity index (χ0n) is 13.4. The molecule has 1 aliphatic rings. The summed E-state index contributed by atoms with van der Waals surface area (Å²) in [5.41, 5.74) is 2.89. The Morgan fingerprint density at radius 3 is 3.08 bits per heavy atom. The average molecular weight is 337 g/mol. The van der Waals surface area contributed by atoms with Crippen LogP contribution in [-0.2, 0) is 17.8 Å². The topological polar surface area (TPSA) is 65.2 Å². The Morgan fingerprint density at radius 1 is 1.33 bits per heavy atom. The number of nitrogens with zero attached hydrogens (tertiary/aromatic N) is 5. The van der Waals surface area contributed by atoms with Crippen molar-refractivity contribution >= 4 is 27.2 Å². The Morgan fingerprint density at radius 2 is 2.25 bits per heavy atom. The molecule has 0 bridgehead atoms. The zero-order valence-corrected chi connectivity index (χ0v) is 14.2. The minimum absolute atomic E-state index is 0.167. The highest BCUT2D eigenvalue weighted by Crippen LogP contribution is 2.39. The van der Waals surface area contributed by atoms with Gasteiger partial charge in [0.2, 0.25) is 0 Å². The number of hydrogen-bond acceptors (Lipinski definition) is 6. The molecule has 0 saturated carbocycles. The number of pyridine rings is 1. The van der Waals surface area contributed by atoms with Gasteiger partial charge in [-0.2, -0.15) is 0 Å². The maximum atomic E-state index is 5.94. The first-order chi connectivity index (χ1) is 11.6. The maximum Gasteiger partial charge on any atom is 0.183 e. The second-order valence-electron chi connectivity index (χ2n) is 6.60. The molecule has 7 heteroatoms. The van der Waals surface area contributed by atoms with Crippen molar-refractivity contribution in [2.45, 2.75) is 32.5 Å². The van der Waals surface area contributed by atoms with Gasteiger partial charge in [0.25, 0.3) is 0 Å². The Balaban J connectivity index is 1.78. The quantitative estimate of drug-likeness (QED) is 0.533. The van der Waals surface area contributed by atoms with Gasteiger partial charge in [0.05, 0.1) is 17.6 Å². The maximum absolute atomic E-state index is 5.94. The largest absolute Gasteiger partial charge is 0.370 e. The van der Waals surface area contributed by atoms with Crippen LogP contribution in [-0.4, -0.2) is 30.2 Å². The third kappa shape index (κ3) is 2.05. The van der Waals surface area contributed by atoms with E-state index in [0.717, 1.165) is 27.8 Å². The monoisotopic (exact) mass is 337 g/mol. The highest BCUT2D eigenvalue weighted by molar-refractivity contribution is 7.19. The van der Waals surface area contributed by atoms with Crippen LogP contribution in [0.5, 0.6) is 0 Å². The molecule has 0 fully saturated rings. The predicted octanol–water partition coefficient (Wildman–Crippen LogP) is 3.25. The lowest BCUT2D eigenvalue weighted by molar-refractivity contribution is -0.0379. The van der Waals surface area contributed by atoms with E-state index >= 15 is 0 Å². The highest BCUT2D eigenvalue weighted by atomic mass is 32.1. The molecule has 6 nitrogen and oxygen atoms in total. The van der Waals surface area contributed by atoms with E-state index in [1.54, 1.807) is 34.6 Å². The van der Waals surface area contributed by atoms with E-state index in [2.05, 4.69) is 28.9 Å². The molecule has 4 aromatic rings. The van der Waals surface area contributed by atoms with Gasteiger partial charge >= 0.3 is 0 Å². The van der Waals surface area contributed by atoms with E-state index in [1.165, 1.54) is 10.4 Å². The average Bonchev–Trinajstić information content (AvgIpc) is 3.15. The number of aromatic nitrogens is 5. The lowest BCUT2D eigenvalue weighted by atomic mass is 9.94. The van der Waals surface area contributed by atoms with Crippen molar-refractivity contribution in [3.05, 3.63) is 41.3 Å². The molecule has 4 aromatic heterocycles. The molecular formula is C17H15N5OS. The van der Waals surface area contributed by atoms with Crippen molar-refractivity contribution < 1.29 is 4.74 Å². The van der Waals surface area contributed by atoms with Crippen molar-refractivity contribution in [2.75, 3.05) is 0 Å². The van der Waals surface area contributed by atoms with Crippen LogP contribution in [0.1, 0.15) is 24.3 Å². The standard InChI is InChI=1S/C17H15N5OS/c1-17(2)6-11-12(8-23-17)24-16-13(11)15-20-14(21-22(15)9-19-16)10-4-3-5-18-7-10/h3-5,7,9H,6,8H2,1-2H3. The lowest BCUT2D eigenvalue weighted by Crippen LogP contribution is -2.31. The van der Waals surface area contributed by atoms with Crippen LogP contribution in [0.3, 0.4) is 0 Å². The van der Waals surface area contributed by atoms with Crippen LogP contribution < -0.4 is 0 Å². The van der Waals surface area contributed by atoms with Crippen LogP contribution in [0.2, 0.25) is 0 Å². The van der Waals surface area contributed by atoms with Gasteiger partial charge in [-0.15, -0.1) is 16.4 Å². The summed E-state index contributed by atoms with van der Waals surface area (Å²) in [5.74, 6) is 0.670. The smallest absolute Gasteiger partial charge is 0.183 e. The van der Waals surface area contributed by atoms with Gasteiger partial charge in [0.15, 0.2) is 11.5 Å². The highest BCUT2D eigenvalue weighted by Gasteiger charge is 2.30. The molecule has 0 spiro atoms. The van der Waals surface area contributed by atoms with E-state index in [-0.39, 0.29) is 5.60 Å². The molecule has 0 atom stereocenters. The molecule has 1 aliphatic heterocycles. The van der Waals surface area contributed by atoms with E-state index in [1.807, 2.05) is 12.1 Å². The fourth-order valence-electron chi connectivity index (χ4n) is 3.16. The SMILES string of the molecule is CC1(C)Cc2c(sc3ncn4nc(-c5cccnc5)nc4c23)CO1. The molecule has 0 N–H and O–H groups in total. The summed E-state index contributed by atoms with van der Waals surface area (Å²) in [6, 6.07) is 3.85. The fraction of sp³-hybridized carbons (Fsp3) is 0.294. The molecule has 0 saturated heterocycles. The molecular weight excluding hydrogens is 322 g/mol. The summed E-state index contributed by atoms with van der Waals surface area (Å²) in [6.45, 7) is 4.88. The minimum Gasteiger partial charge on any atom is -0.370 e. The van der Waals surface area contributed by atoms with Crippen molar-refractivity contribution in [1.82, 2.24) is 24.6 Å². The normalized spacial score (nSPS) is 16.6. The molecule has 0 aromatic carbocycles. The van der Waals surface area contributed by atoms with Gasteiger partial charge in [0.1, 0.15) is 11.2 Å². The zero-order chi connectivity index (χ0) is 16.3. The van der Waals surface area contributed by atoms with Gasteiger partial charge in [0, 0.05) is 29.3 Å². The fourth-order valence-corrected chi connectivity index (χ4v) is 4.22. The van der Waals surface area contributed by atoms with Crippen molar-refractivity contribution in [1.29, 1.82) is 0 Å². The lowest BCUT2D eigenvalue weighted by Gasteiger charge is -2.30. The molecule has 5 heterocycles. The summed E-state index contributed by atoms with van der Waals surface area (Å²) in [4.78, 5) is 15.8. The van der Waals surface area contributed by atoms with Gasteiger partial charge in [-0.1, -0.05) is 0 Å². The molecule has 0 unspecified atom stereocenters. The summed E-state index contributed by atoms with van der Waals surface area (Å²) in [7, 11) is 0.